The first kappa shape index (κ1) is 20.2. The highest BCUT2D eigenvalue weighted by molar-refractivity contribution is 5.82. The molecule has 1 rings (SSSR count). The van der Waals surface area contributed by atoms with E-state index in [1.807, 2.05) is 0 Å². The van der Waals surface area contributed by atoms with Gasteiger partial charge in [-0.05, 0) is 108 Å². The molecule has 0 fully saturated rings. The topological polar surface area (TPSA) is 0 Å². The number of benzene rings is 1. The lowest BCUT2D eigenvalue weighted by molar-refractivity contribution is 1.15. The van der Waals surface area contributed by atoms with Gasteiger partial charge >= 0.3 is 0 Å². The van der Waals surface area contributed by atoms with Gasteiger partial charge in [0.05, 0.1) is 0 Å². The summed E-state index contributed by atoms with van der Waals surface area (Å²) in [6, 6.07) is 0. The molecular formula is C24H34. The Morgan fingerprint density at radius 1 is 0.583 bits per heavy atom. The van der Waals surface area contributed by atoms with Crippen molar-refractivity contribution in [3.8, 4) is 0 Å². The molecule has 1 aromatic carbocycles. The lowest BCUT2D eigenvalue weighted by Gasteiger charge is -2.20. The molecule has 0 amide bonds. The Hall–Kier alpha value is -1.82. The maximum absolute atomic E-state index is 2.28. The quantitative estimate of drug-likeness (QED) is 0.504. The van der Waals surface area contributed by atoms with Gasteiger partial charge in [0.1, 0.15) is 0 Å². The fourth-order valence-corrected chi connectivity index (χ4v) is 2.97. The van der Waals surface area contributed by atoms with Crippen LogP contribution in [0.3, 0.4) is 0 Å². The molecule has 0 heteroatoms. The molecule has 0 heterocycles. The highest BCUT2D eigenvalue weighted by atomic mass is 14.2. The minimum Gasteiger partial charge on any atom is -0.0764 e. The molecule has 0 bridgehead atoms. The van der Waals surface area contributed by atoms with Crippen LogP contribution in [0.1, 0.15) is 68.0 Å². The normalized spacial score (nSPS) is 11.8. The zero-order valence-corrected chi connectivity index (χ0v) is 17.3. The Morgan fingerprint density at radius 2 is 1.04 bits per heavy atom. The van der Waals surface area contributed by atoms with E-state index >= 15 is 0 Å². The van der Waals surface area contributed by atoms with E-state index in [4.69, 9.17) is 0 Å². The second kappa shape index (κ2) is 8.33. The van der Waals surface area contributed by atoms with Crippen molar-refractivity contribution in [2.45, 2.75) is 69.2 Å². The van der Waals surface area contributed by atoms with Gasteiger partial charge in [-0.1, -0.05) is 41.0 Å². The predicted octanol–water partition coefficient (Wildman–Crippen LogP) is 7.49. The average molecular weight is 323 g/mol. The molecule has 24 heavy (non-hydrogen) atoms. The summed E-state index contributed by atoms with van der Waals surface area (Å²) >= 11 is 0. The SMILES string of the molecule is CC(C)=C/C=C(C)/C=C/C(=C(C)C)c1c(C)c(C)c(C)c(C)c1C. The molecule has 0 atom stereocenters. The third kappa shape index (κ3) is 4.60. The summed E-state index contributed by atoms with van der Waals surface area (Å²) in [6.07, 6.45) is 8.85. The molecule has 0 aliphatic heterocycles. The van der Waals surface area contributed by atoms with Gasteiger partial charge in [-0.15, -0.1) is 0 Å². The molecular weight excluding hydrogens is 288 g/mol. The van der Waals surface area contributed by atoms with E-state index in [0.29, 0.717) is 0 Å². The third-order valence-corrected chi connectivity index (χ3v) is 5.00. The second-order valence-corrected chi connectivity index (χ2v) is 7.40. The van der Waals surface area contributed by atoms with Crippen molar-refractivity contribution in [2.75, 3.05) is 0 Å². The van der Waals surface area contributed by atoms with Gasteiger partial charge in [-0.2, -0.15) is 0 Å². The van der Waals surface area contributed by atoms with E-state index in [9.17, 15) is 0 Å². The molecule has 0 unspecified atom stereocenters. The number of hydrogen-bond acceptors (Lipinski definition) is 0. The van der Waals surface area contributed by atoms with Gasteiger partial charge in [0.25, 0.3) is 0 Å². The Labute approximate surface area is 149 Å². The molecule has 0 aliphatic rings. The van der Waals surface area contributed by atoms with Crippen molar-refractivity contribution in [2.24, 2.45) is 0 Å². The maximum atomic E-state index is 2.28. The molecule has 0 aliphatic carbocycles. The van der Waals surface area contributed by atoms with Crippen LogP contribution in [0.2, 0.25) is 0 Å². The molecule has 0 radical (unpaired) electrons. The number of allylic oxidation sites excluding steroid dienone is 8. The van der Waals surface area contributed by atoms with Crippen LogP contribution in [0.25, 0.3) is 5.57 Å². The average Bonchev–Trinajstić information content (AvgIpc) is 2.51. The zero-order valence-electron chi connectivity index (χ0n) is 17.3. The van der Waals surface area contributed by atoms with Crippen molar-refractivity contribution < 1.29 is 0 Å². The molecule has 0 spiro atoms. The van der Waals surface area contributed by atoms with Crippen LogP contribution < -0.4 is 0 Å². The van der Waals surface area contributed by atoms with Crippen molar-refractivity contribution in [3.05, 3.63) is 74.4 Å². The summed E-state index contributed by atoms with van der Waals surface area (Å²) < 4.78 is 0. The van der Waals surface area contributed by atoms with Crippen LogP contribution in [0.15, 0.2) is 41.0 Å². The zero-order chi connectivity index (χ0) is 18.6. The lowest BCUT2D eigenvalue weighted by atomic mass is 9.84. The number of rotatable bonds is 4. The second-order valence-electron chi connectivity index (χ2n) is 7.40. The lowest BCUT2D eigenvalue weighted by Crippen LogP contribution is -2.02. The molecule has 0 aromatic heterocycles. The summed E-state index contributed by atoms with van der Waals surface area (Å²) in [4.78, 5) is 0. The summed E-state index contributed by atoms with van der Waals surface area (Å²) in [5.74, 6) is 0. The minimum atomic E-state index is 1.27. The largest absolute Gasteiger partial charge is 0.0764 e. The van der Waals surface area contributed by atoms with E-state index in [1.54, 1.807) is 0 Å². The van der Waals surface area contributed by atoms with Gasteiger partial charge in [0.15, 0.2) is 0 Å². The third-order valence-electron chi connectivity index (χ3n) is 5.00. The summed E-state index contributed by atoms with van der Waals surface area (Å²) in [5, 5.41) is 0. The van der Waals surface area contributed by atoms with Crippen LogP contribution in [0.4, 0.5) is 0 Å². The summed E-state index contributed by atoms with van der Waals surface area (Å²) in [5.41, 5.74) is 13.8. The van der Waals surface area contributed by atoms with Crippen LogP contribution in [0, 0.1) is 34.6 Å². The first-order valence-electron chi connectivity index (χ1n) is 8.82. The van der Waals surface area contributed by atoms with Crippen molar-refractivity contribution in [1.82, 2.24) is 0 Å². The van der Waals surface area contributed by atoms with Gasteiger partial charge in [0.2, 0.25) is 0 Å². The van der Waals surface area contributed by atoms with E-state index in [0.717, 1.165) is 0 Å². The highest BCUT2D eigenvalue weighted by Crippen LogP contribution is 2.33. The first-order valence-corrected chi connectivity index (χ1v) is 8.82. The Morgan fingerprint density at radius 3 is 1.46 bits per heavy atom. The van der Waals surface area contributed by atoms with E-state index < -0.39 is 0 Å². The Balaban J connectivity index is 3.49. The fourth-order valence-electron chi connectivity index (χ4n) is 2.97. The standard InChI is InChI=1S/C24H34/c1-15(2)11-12-17(5)13-14-23(16(3)4)24-21(9)19(7)18(6)20(8)22(24)10/h11-14H,1-10H3/b14-13+,17-12+. The summed E-state index contributed by atoms with van der Waals surface area (Å²) in [6.45, 7) is 22.1. The van der Waals surface area contributed by atoms with E-state index in [2.05, 4.69) is 93.5 Å². The number of hydrogen-bond donors (Lipinski definition) is 0. The molecule has 1 aromatic rings. The predicted molar refractivity (Wildman–Crippen MR) is 111 cm³/mol. The minimum absolute atomic E-state index is 1.27. The fraction of sp³-hybridized carbons (Fsp3) is 0.417. The molecule has 0 nitrogen and oxygen atoms in total. The Bertz CT molecular complexity index is 710. The Kier molecular flexibility index (Phi) is 7.02. The van der Waals surface area contributed by atoms with E-state index in [-0.39, 0.29) is 0 Å². The van der Waals surface area contributed by atoms with Crippen molar-refractivity contribution in [3.63, 3.8) is 0 Å². The smallest absolute Gasteiger partial charge is 0.0121 e. The van der Waals surface area contributed by atoms with Crippen LogP contribution >= 0.6 is 0 Å². The van der Waals surface area contributed by atoms with Crippen LogP contribution in [-0.4, -0.2) is 0 Å². The monoisotopic (exact) mass is 322 g/mol. The molecule has 0 saturated carbocycles. The molecule has 0 saturated heterocycles. The van der Waals surface area contributed by atoms with Crippen molar-refractivity contribution in [1.29, 1.82) is 0 Å². The van der Waals surface area contributed by atoms with Gasteiger partial charge < -0.3 is 0 Å². The van der Waals surface area contributed by atoms with Crippen molar-refractivity contribution >= 4 is 5.57 Å². The molecule has 130 valence electrons. The van der Waals surface area contributed by atoms with Gasteiger partial charge in [-0.3, -0.25) is 0 Å². The highest BCUT2D eigenvalue weighted by Gasteiger charge is 2.14. The van der Waals surface area contributed by atoms with Gasteiger partial charge in [0, 0.05) is 0 Å². The maximum Gasteiger partial charge on any atom is -0.0121 e. The summed E-state index contributed by atoms with van der Waals surface area (Å²) in [7, 11) is 0. The molecule has 0 N–H and O–H groups in total. The first-order chi connectivity index (χ1) is 11.1. The van der Waals surface area contributed by atoms with Gasteiger partial charge in [-0.25, -0.2) is 0 Å². The van der Waals surface area contributed by atoms with Crippen LogP contribution in [-0.2, 0) is 0 Å². The van der Waals surface area contributed by atoms with E-state index in [1.165, 1.54) is 55.7 Å². The van der Waals surface area contributed by atoms with Crippen LogP contribution in [0.5, 0.6) is 0 Å².